The number of halogens is 1. The third-order valence-electron chi connectivity index (χ3n) is 4.08. The van der Waals surface area contributed by atoms with Crippen LogP contribution in [0.2, 0.25) is 5.02 Å². The number of piperazine rings is 1. The largest absolute Gasteiger partial charge is 0.465 e. The summed E-state index contributed by atoms with van der Waals surface area (Å²) in [6.07, 6.45) is 2.59. The molecule has 0 N–H and O–H groups in total. The molecule has 0 atom stereocenters. The van der Waals surface area contributed by atoms with Gasteiger partial charge in [0.1, 0.15) is 0 Å². The molecule has 0 aromatic heterocycles. The zero-order chi connectivity index (χ0) is 16.8. The minimum Gasteiger partial charge on any atom is -0.465 e. The Hall–Kier alpha value is -1.75. The van der Waals surface area contributed by atoms with E-state index in [4.69, 9.17) is 16.3 Å². The van der Waals surface area contributed by atoms with Crippen LogP contribution in [0.15, 0.2) is 18.2 Å². The molecule has 1 amide bonds. The summed E-state index contributed by atoms with van der Waals surface area (Å²) in [6.45, 7) is 4.87. The second-order valence-corrected chi connectivity index (χ2v) is 6.04. The van der Waals surface area contributed by atoms with Gasteiger partial charge in [-0.15, -0.1) is 0 Å². The van der Waals surface area contributed by atoms with Crippen molar-refractivity contribution in [2.24, 2.45) is 0 Å². The van der Waals surface area contributed by atoms with E-state index >= 15 is 0 Å². The van der Waals surface area contributed by atoms with E-state index in [1.54, 1.807) is 18.2 Å². The predicted octanol–water partition coefficient (Wildman–Crippen LogP) is 2.97. The molecule has 0 bridgehead atoms. The lowest BCUT2D eigenvalue weighted by atomic mass is 10.1. The van der Waals surface area contributed by atoms with Crippen LogP contribution in [-0.2, 0) is 9.53 Å². The molecule has 126 valence electrons. The first-order chi connectivity index (χ1) is 11.1. The number of esters is 1. The van der Waals surface area contributed by atoms with Crippen LogP contribution in [0, 0.1) is 0 Å². The van der Waals surface area contributed by atoms with Crippen LogP contribution in [-0.4, -0.2) is 50.1 Å². The molecule has 6 heteroatoms. The Bertz CT molecular complexity index is 569. The second kappa shape index (κ2) is 8.20. The SMILES string of the molecule is CCCCC(=O)N1CCN(c2cc(C(=O)OC)ccc2Cl)CC1. The van der Waals surface area contributed by atoms with Crippen molar-refractivity contribution in [1.29, 1.82) is 0 Å². The molecule has 0 radical (unpaired) electrons. The molecule has 1 saturated heterocycles. The molecule has 23 heavy (non-hydrogen) atoms. The lowest BCUT2D eigenvalue weighted by molar-refractivity contribution is -0.131. The summed E-state index contributed by atoms with van der Waals surface area (Å²) in [5.74, 6) is -0.155. The quantitative estimate of drug-likeness (QED) is 0.774. The number of carbonyl (C=O) groups excluding carboxylic acids is 2. The molecular formula is C17H23ClN2O3. The summed E-state index contributed by atoms with van der Waals surface area (Å²) < 4.78 is 4.75. The molecule has 1 fully saturated rings. The summed E-state index contributed by atoms with van der Waals surface area (Å²) in [4.78, 5) is 27.8. The monoisotopic (exact) mass is 338 g/mol. The highest BCUT2D eigenvalue weighted by Gasteiger charge is 2.22. The van der Waals surface area contributed by atoms with Crippen molar-refractivity contribution in [1.82, 2.24) is 4.90 Å². The van der Waals surface area contributed by atoms with Crippen LogP contribution >= 0.6 is 11.6 Å². The van der Waals surface area contributed by atoms with Crippen molar-refractivity contribution in [3.05, 3.63) is 28.8 Å². The van der Waals surface area contributed by atoms with Crippen molar-refractivity contribution in [3.63, 3.8) is 0 Å². The fourth-order valence-corrected chi connectivity index (χ4v) is 2.92. The van der Waals surface area contributed by atoms with Gasteiger partial charge in [0.05, 0.1) is 23.4 Å². The smallest absolute Gasteiger partial charge is 0.337 e. The zero-order valence-electron chi connectivity index (χ0n) is 13.7. The molecular weight excluding hydrogens is 316 g/mol. The van der Waals surface area contributed by atoms with Gasteiger partial charge in [0.25, 0.3) is 0 Å². The first-order valence-electron chi connectivity index (χ1n) is 7.97. The minimum absolute atomic E-state index is 0.223. The number of anilines is 1. The van der Waals surface area contributed by atoms with Crippen molar-refractivity contribution in [2.45, 2.75) is 26.2 Å². The minimum atomic E-state index is -0.378. The number of ether oxygens (including phenoxy) is 1. The van der Waals surface area contributed by atoms with E-state index in [0.717, 1.165) is 18.5 Å². The van der Waals surface area contributed by atoms with Gasteiger partial charge in [0, 0.05) is 32.6 Å². The van der Waals surface area contributed by atoms with Gasteiger partial charge in [0.2, 0.25) is 5.91 Å². The van der Waals surface area contributed by atoms with E-state index in [1.165, 1.54) is 7.11 Å². The van der Waals surface area contributed by atoms with E-state index in [9.17, 15) is 9.59 Å². The summed E-state index contributed by atoms with van der Waals surface area (Å²) >= 11 is 6.27. The second-order valence-electron chi connectivity index (χ2n) is 5.63. The number of nitrogens with zero attached hydrogens (tertiary/aromatic N) is 2. The Morgan fingerprint density at radius 3 is 2.52 bits per heavy atom. The van der Waals surface area contributed by atoms with Crippen LogP contribution in [0.3, 0.4) is 0 Å². The van der Waals surface area contributed by atoms with Gasteiger partial charge >= 0.3 is 5.97 Å². The molecule has 5 nitrogen and oxygen atoms in total. The first-order valence-corrected chi connectivity index (χ1v) is 8.35. The van der Waals surface area contributed by atoms with E-state index < -0.39 is 0 Å². The topological polar surface area (TPSA) is 49.9 Å². The third-order valence-corrected chi connectivity index (χ3v) is 4.40. The third kappa shape index (κ3) is 4.38. The fraction of sp³-hybridized carbons (Fsp3) is 0.529. The normalized spacial score (nSPS) is 14.7. The van der Waals surface area contributed by atoms with Gasteiger partial charge in [-0.1, -0.05) is 24.9 Å². The van der Waals surface area contributed by atoms with E-state index in [0.29, 0.717) is 43.2 Å². The highest BCUT2D eigenvalue weighted by atomic mass is 35.5. The maximum Gasteiger partial charge on any atom is 0.337 e. The van der Waals surface area contributed by atoms with Gasteiger partial charge in [-0.25, -0.2) is 4.79 Å². The highest BCUT2D eigenvalue weighted by molar-refractivity contribution is 6.33. The van der Waals surface area contributed by atoms with Gasteiger partial charge in [-0.05, 0) is 24.6 Å². The van der Waals surface area contributed by atoms with E-state index in [-0.39, 0.29) is 11.9 Å². The van der Waals surface area contributed by atoms with Gasteiger partial charge in [0.15, 0.2) is 0 Å². The average molecular weight is 339 g/mol. The van der Waals surface area contributed by atoms with E-state index in [1.807, 2.05) is 4.90 Å². The maximum absolute atomic E-state index is 12.1. The molecule has 1 heterocycles. The molecule has 0 saturated carbocycles. The van der Waals surface area contributed by atoms with Gasteiger partial charge < -0.3 is 14.5 Å². The van der Waals surface area contributed by atoms with Crippen LogP contribution < -0.4 is 4.90 Å². The van der Waals surface area contributed by atoms with Crippen LogP contribution in [0.1, 0.15) is 36.5 Å². The number of methoxy groups -OCH3 is 1. The molecule has 1 aliphatic heterocycles. The molecule has 1 aromatic carbocycles. The summed E-state index contributed by atoms with van der Waals surface area (Å²) in [6, 6.07) is 5.12. The Labute approximate surface area is 142 Å². The first kappa shape index (κ1) is 17.6. The molecule has 1 aliphatic rings. The number of benzene rings is 1. The summed E-state index contributed by atoms with van der Waals surface area (Å²) in [5.41, 5.74) is 1.29. The Balaban J connectivity index is 2.02. The van der Waals surface area contributed by atoms with Crippen LogP contribution in [0.25, 0.3) is 0 Å². The number of hydrogen-bond donors (Lipinski definition) is 0. The van der Waals surface area contributed by atoms with Crippen LogP contribution in [0.5, 0.6) is 0 Å². The van der Waals surface area contributed by atoms with Gasteiger partial charge in [-0.2, -0.15) is 0 Å². The summed E-state index contributed by atoms with van der Waals surface area (Å²) in [7, 11) is 1.36. The van der Waals surface area contributed by atoms with Crippen molar-refractivity contribution in [2.75, 3.05) is 38.2 Å². The molecule has 0 unspecified atom stereocenters. The standard InChI is InChI=1S/C17H23ClN2O3/c1-3-4-5-16(21)20-10-8-19(9-11-20)15-12-13(17(22)23-2)6-7-14(15)18/h6-7,12H,3-5,8-11H2,1-2H3. The highest BCUT2D eigenvalue weighted by Crippen LogP contribution is 2.28. The Morgan fingerprint density at radius 2 is 1.91 bits per heavy atom. The zero-order valence-corrected chi connectivity index (χ0v) is 14.4. The molecule has 2 rings (SSSR count). The van der Waals surface area contributed by atoms with E-state index in [2.05, 4.69) is 11.8 Å². The van der Waals surface area contributed by atoms with Gasteiger partial charge in [-0.3, -0.25) is 4.79 Å². The van der Waals surface area contributed by atoms with Crippen molar-refractivity contribution < 1.29 is 14.3 Å². The van der Waals surface area contributed by atoms with Crippen LogP contribution in [0.4, 0.5) is 5.69 Å². The Morgan fingerprint density at radius 1 is 1.22 bits per heavy atom. The summed E-state index contributed by atoms with van der Waals surface area (Å²) in [5, 5.41) is 0.600. The lowest BCUT2D eigenvalue weighted by Crippen LogP contribution is -2.48. The molecule has 0 spiro atoms. The number of amides is 1. The molecule has 1 aromatic rings. The lowest BCUT2D eigenvalue weighted by Gasteiger charge is -2.36. The number of carbonyl (C=O) groups is 2. The number of rotatable bonds is 5. The predicted molar refractivity (Wildman–Crippen MR) is 91.1 cm³/mol. The molecule has 0 aliphatic carbocycles. The van der Waals surface area contributed by atoms with Crippen molar-refractivity contribution >= 4 is 29.2 Å². The van der Waals surface area contributed by atoms with Crippen molar-refractivity contribution in [3.8, 4) is 0 Å². The fourth-order valence-electron chi connectivity index (χ4n) is 2.68. The number of hydrogen-bond acceptors (Lipinski definition) is 4. The Kier molecular flexibility index (Phi) is 6.28. The number of unbranched alkanes of at least 4 members (excludes halogenated alkanes) is 1. The average Bonchev–Trinajstić information content (AvgIpc) is 2.59. The maximum atomic E-state index is 12.1.